The van der Waals surface area contributed by atoms with Gasteiger partial charge >= 0.3 is 0 Å². The van der Waals surface area contributed by atoms with Crippen LogP contribution < -0.4 is 0 Å². The van der Waals surface area contributed by atoms with E-state index in [4.69, 9.17) is 0 Å². The fourth-order valence-electron chi connectivity index (χ4n) is 4.15. The maximum Gasteiger partial charge on any atom is 0.270 e. The molecule has 24 heavy (non-hydrogen) atoms. The van der Waals surface area contributed by atoms with E-state index in [0.29, 0.717) is 17.8 Å². The van der Waals surface area contributed by atoms with Crippen LogP contribution >= 0.6 is 0 Å². The van der Waals surface area contributed by atoms with Crippen LogP contribution in [0.2, 0.25) is 0 Å². The van der Waals surface area contributed by atoms with Crippen molar-refractivity contribution in [3.8, 4) is 11.3 Å². The van der Waals surface area contributed by atoms with Crippen molar-refractivity contribution in [3.63, 3.8) is 0 Å². The van der Waals surface area contributed by atoms with Crippen molar-refractivity contribution in [2.45, 2.75) is 44.7 Å². The average Bonchev–Trinajstić information content (AvgIpc) is 3.20. The largest absolute Gasteiger partial charge is 0.335 e. The molecule has 0 aliphatic carbocycles. The maximum absolute atomic E-state index is 12.8. The average molecular weight is 321 g/mol. The topological polar surface area (TPSA) is 77.7 Å². The first-order chi connectivity index (χ1) is 11.7. The van der Waals surface area contributed by atoms with Crippen molar-refractivity contribution in [1.82, 2.24) is 25.1 Å². The van der Waals surface area contributed by atoms with Gasteiger partial charge in [-0.15, -0.1) is 0 Å². The van der Waals surface area contributed by atoms with E-state index in [0.717, 1.165) is 40.8 Å². The predicted octanol–water partition coefficient (Wildman–Crippen LogP) is 3.03. The standard InChI is InChI=1S/C18H19N5O/c1-10-14(9-19-22-10)15-6-5-11-7-16(21-17(11)20-15)18(24)23-12-3-2-4-13(23)8-12/h5-7,9,12-13H,2-4,8H2,1H3,(H,19,22)(H,20,21). The van der Waals surface area contributed by atoms with Gasteiger partial charge in [-0.05, 0) is 50.8 Å². The summed E-state index contributed by atoms with van der Waals surface area (Å²) in [7, 11) is 0. The van der Waals surface area contributed by atoms with E-state index in [1.54, 1.807) is 6.20 Å². The zero-order chi connectivity index (χ0) is 16.3. The van der Waals surface area contributed by atoms with E-state index in [2.05, 4.69) is 25.1 Å². The summed E-state index contributed by atoms with van der Waals surface area (Å²) in [6, 6.07) is 6.79. The Morgan fingerprint density at radius 1 is 1.29 bits per heavy atom. The number of hydrogen-bond donors (Lipinski definition) is 2. The van der Waals surface area contributed by atoms with Gasteiger partial charge in [0.05, 0.1) is 11.9 Å². The summed E-state index contributed by atoms with van der Waals surface area (Å²) in [5, 5.41) is 7.95. The molecule has 0 saturated carbocycles. The highest BCUT2D eigenvalue weighted by Gasteiger charge is 2.44. The first-order valence-electron chi connectivity index (χ1n) is 8.53. The molecule has 2 saturated heterocycles. The summed E-state index contributed by atoms with van der Waals surface area (Å²) in [5.41, 5.74) is 4.22. The highest BCUT2D eigenvalue weighted by molar-refractivity contribution is 5.98. The van der Waals surface area contributed by atoms with Crippen molar-refractivity contribution in [1.29, 1.82) is 0 Å². The van der Waals surface area contributed by atoms with Crippen LogP contribution in [0.3, 0.4) is 0 Å². The minimum Gasteiger partial charge on any atom is -0.335 e. The Bertz CT molecular complexity index is 926. The number of aromatic nitrogens is 4. The molecule has 3 aromatic rings. The molecule has 2 unspecified atom stereocenters. The number of pyridine rings is 1. The number of nitrogens with one attached hydrogen (secondary N) is 2. The third-order valence-electron chi connectivity index (χ3n) is 5.46. The summed E-state index contributed by atoms with van der Waals surface area (Å²) in [6.45, 7) is 1.97. The van der Waals surface area contributed by atoms with Crippen LogP contribution in [0.1, 0.15) is 41.9 Å². The lowest BCUT2D eigenvalue weighted by atomic mass is 9.79. The van der Waals surface area contributed by atoms with Gasteiger partial charge in [-0.1, -0.05) is 0 Å². The lowest BCUT2D eigenvalue weighted by Crippen LogP contribution is -2.61. The van der Waals surface area contributed by atoms with Crippen LogP contribution in [0.15, 0.2) is 24.4 Å². The Morgan fingerprint density at radius 3 is 2.83 bits per heavy atom. The van der Waals surface area contributed by atoms with Gasteiger partial charge in [0.15, 0.2) is 0 Å². The molecule has 2 N–H and O–H groups in total. The van der Waals surface area contributed by atoms with Crippen molar-refractivity contribution in [3.05, 3.63) is 35.8 Å². The molecule has 5 heterocycles. The molecular formula is C18H19N5O. The number of piperidine rings is 1. The number of hydrogen-bond acceptors (Lipinski definition) is 3. The number of rotatable bonds is 2. The Labute approximate surface area is 139 Å². The number of nitrogens with zero attached hydrogens (tertiary/aromatic N) is 3. The molecule has 122 valence electrons. The lowest BCUT2D eigenvalue weighted by molar-refractivity contribution is -0.0120. The summed E-state index contributed by atoms with van der Waals surface area (Å²) in [4.78, 5) is 22.8. The Morgan fingerprint density at radius 2 is 2.12 bits per heavy atom. The number of carbonyl (C=O) groups is 1. The number of aromatic amines is 2. The molecule has 6 heteroatoms. The smallest absolute Gasteiger partial charge is 0.270 e. The highest BCUT2D eigenvalue weighted by atomic mass is 16.2. The van der Waals surface area contributed by atoms with Gasteiger partial charge in [-0.3, -0.25) is 9.89 Å². The normalized spacial score (nSPS) is 22.6. The van der Waals surface area contributed by atoms with E-state index in [1.165, 1.54) is 12.8 Å². The van der Waals surface area contributed by atoms with E-state index >= 15 is 0 Å². The second kappa shape index (κ2) is 4.93. The van der Waals surface area contributed by atoms with Gasteiger partial charge in [-0.25, -0.2) is 4.98 Å². The Hall–Kier alpha value is -2.63. The van der Waals surface area contributed by atoms with E-state index in [1.807, 2.05) is 25.1 Å². The van der Waals surface area contributed by atoms with Crippen molar-refractivity contribution in [2.75, 3.05) is 0 Å². The minimum atomic E-state index is 0.120. The van der Waals surface area contributed by atoms with Crippen LogP contribution in [0.4, 0.5) is 0 Å². The third kappa shape index (κ3) is 1.92. The molecule has 1 amide bonds. The molecule has 5 rings (SSSR count). The fourth-order valence-corrected chi connectivity index (χ4v) is 4.15. The highest BCUT2D eigenvalue weighted by Crippen LogP contribution is 2.39. The molecular weight excluding hydrogens is 302 g/mol. The molecule has 2 aliphatic heterocycles. The minimum absolute atomic E-state index is 0.120. The summed E-state index contributed by atoms with van der Waals surface area (Å²) in [6.07, 6.45) is 6.49. The van der Waals surface area contributed by atoms with Crippen molar-refractivity contribution < 1.29 is 4.79 Å². The zero-order valence-corrected chi connectivity index (χ0v) is 13.5. The Balaban J connectivity index is 1.50. The molecule has 2 bridgehead atoms. The maximum atomic E-state index is 12.8. The molecule has 2 atom stereocenters. The molecule has 2 aliphatic rings. The first kappa shape index (κ1) is 13.8. The lowest BCUT2D eigenvalue weighted by Gasteiger charge is -2.52. The number of carbonyl (C=O) groups excluding carboxylic acids is 1. The SMILES string of the molecule is Cc1[nH]ncc1-c1ccc2cc(C(=O)N3C4CCCC3C4)[nH]c2n1. The van der Waals surface area contributed by atoms with Crippen molar-refractivity contribution in [2.24, 2.45) is 0 Å². The van der Waals surface area contributed by atoms with E-state index in [9.17, 15) is 4.79 Å². The predicted molar refractivity (Wildman–Crippen MR) is 90.6 cm³/mol. The van der Waals surface area contributed by atoms with Crippen LogP contribution in [-0.4, -0.2) is 43.1 Å². The van der Waals surface area contributed by atoms with Crippen LogP contribution in [0.25, 0.3) is 22.3 Å². The van der Waals surface area contributed by atoms with Crippen molar-refractivity contribution >= 4 is 16.9 Å². The molecule has 0 aromatic carbocycles. The summed E-state index contributed by atoms with van der Waals surface area (Å²) >= 11 is 0. The molecule has 2 fully saturated rings. The van der Waals surface area contributed by atoms with E-state index < -0.39 is 0 Å². The van der Waals surface area contributed by atoms with Gasteiger partial charge < -0.3 is 9.88 Å². The monoisotopic (exact) mass is 321 g/mol. The van der Waals surface area contributed by atoms with Crippen LogP contribution in [-0.2, 0) is 0 Å². The van der Waals surface area contributed by atoms with E-state index in [-0.39, 0.29) is 5.91 Å². The summed E-state index contributed by atoms with van der Waals surface area (Å²) < 4.78 is 0. The Kier molecular flexibility index (Phi) is 2.83. The second-order valence-electron chi connectivity index (χ2n) is 6.91. The zero-order valence-electron chi connectivity index (χ0n) is 13.5. The molecule has 3 aromatic heterocycles. The second-order valence-corrected chi connectivity index (χ2v) is 6.91. The number of fused-ring (bicyclic) bond motifs is 3. The quantitative estimate of drug-likeness (QED) is 0.761. The summed E-state index contributed by atoms with van der Waals surface area (Å²) in [5.74, 6) is 0.120. The van der Waals surface area contributed by atoms with Crippen LogP contribution in [0, 0.1) is 6.92 Å². The van der Waals surface area contributed by atoms with Gasteiger partial charge in [0, 0.05) is 28.7 Å². The number of aryl methyl sites for hydroxylation is 1. The fraction of sp³-hybridized carbons (Fsp3) is 0.389. The van der Waals surface area contributed by atoms with Gasteiger partial charge in [-0.2, -0.15) is 5.10 Å². The van der Waals surface area contributed by atoms with Gasteiger partial charge in [0.1, 0.15) is 11.3 Å². The van der Waals surface area contributed by atoms with Gasteiger partial charge in [0.25, 0.3) is 5.91 Å². The van der Waals surface area contributed by atoms with Crippen LogP contribution in [0.5, 0.6) is 0 Å². The third-order valence-corrected chi connectivity index (χ3v) is 5.46. The molecule has 0 radical (unpaired) electrons. The number of H-pyrrole nitrogens is 2. The van der Waals surface area contributed by atoms with Gasteiger partial charge in [0.2, 0.25) is 0 Å². The number of amides is 1. The molecule has 0 spiro atoms. The molecule has 6 nitrogen and oxygen atoms in total. The first-order valence-corrected chi connectivity index (χ1v) is 8.53.